The van der Waals surface area contributed by atoms with Crippen LogP contribution in [0.5, 0.6) is 0 Å². The van der Waals surface area contributed by atoms with Gasteiger partial charge in [-0.1, -0.05) is 15.9 Å². The van der Waals surface area contributed by atoms with E-state index in [9.17, 15) is 4.79 Å². The molecule has 0 fully saturated rings. The van der Waals surface area contributed by atoms with Crippen molar-refractivity contribution in [3.63, 3.8) is 0 Å². The first kappa shape index (κ1) is 11.5. The quantitative estimate of drug-likeness (QED) is 0.551. The molecule has 8 heavy (non-hydrogen) atoms. The Morgan fingerprint density at radius 2 is 2.00 bits per heavy atom. The molecule has 0 aromatic rings. The topological polar surface area (TPSA) is 37.3 Å². The molecule has 0 aliphatic heterocycles. The van der Waals surface area contributed by atoms with Crippen molar-refractivity contribution in [2.75, 3.05) is 0 Å². The second kappa shape index (κ2) is 5.83. The minimum atomic E-state index is -0.975. The van der Waals surface area contributed by atoms with E-state index in [1.165, 1.54) is 4.99 Å². The molecule has 0 aliphatic rings. The van der Waals surface area contributed by atoms with Gasteiger partial charge in [0.2, 0.25) is 0 Å². The summed E-state index contributed by atoms with van der Waals surface area (Å²) in [5.74, 6) is -0.975. The molecule has 0 spiro atoms. The number of hydrogen-bond acceptors (Lipinski definition) is 1. The van der Waals surface area contributed by atoms with E-state index in [1.807, 2.05) is 0 Å². The Kier molecular flexibility index (Phi) is 8.38. The third-order valence-electron chi connectivity index (χ3n) is 0.300. The molecule has 0 radical (unpaired) electrons. The number of halogens is 2. The van der Waals surface area contributed by atoms with E-state index in [0.717, 1.165) is 0 Å². The molecule has 0 aliphatic carbocycles. The molecule has 0 saturated carbocycles. The number of rotatable bonds is 1. The average Bonchev–Trinajstić information content (AvgIpc) is 1.65. The molecule has 0 aromatic carbocycles. The van der Waals surface area contributed by atoms with E-state index in [4.69, 9.17) is 5.11 Å². The maximum atomic E-state index is 9.79. The molecule has 0 rings (SSSR count). The molecule has 5 heteroatoms. The lowest BCUT2D eigenvalue weighted by molar-refractivity contribution is -0.131. The molecule has 0 atom stereocenters. The van der Waals surface area contributed by atoms with Gasteiger partial charge in [-0.15, -0.1) is 0 Å². The van der Waals surface area contributed by atoms with E-state index in [1.54, 1.807) is 0 Å². The summed E-state index contributed by atoms with van der Waals surface area (Å²) in [5, 5.41) is 8.04. The Morgan fingerprint density at radius 3 is 2.00 bits per heavy atom. The van der Waals surface area contributed by atoms with Gasteiger partial charge in [0, 0.05) is 4.99 Å². The van der Waals surface area contributed by atoms with Crippen LogP contribution in [0, 0.1) is 0 Å². The highest BCUT2D eigenvalue weighted by Crippen LogP contribution is 2.05. The molecule has 0 amide bonds. The molecule has 0 heterocycles. The van der Waals surface area contributed by atoms with Crippen molar-refractivity contribution >= 4 is 55.2 Å². The molecule has 1 N–H and O–H groups in total. The minimum absolute atomic E-state index is 0. The van der Waals surface area contributed by atoms with Crippen LogP contribution in [0.25, 0.3) is 0 Å². The van der Waals surface area contributed by atoms with Gasteiger partial charge in [0.15, 0.2) is 17.4 Å². The van der Waals surface area contributed by atoms with Gasteiger partial charge in [-0.25, -0.2) is 4.79 Å². The van der Waals surface area contributed by atoms with E-state index >= 15 is 0 Å². The lowest BCUT2D eigenvalue weighted by atomic mass is 10.7. The number of aliphatic carboxylic acids is 1. The fraction of sp³-hybridized carbons (Fsp3) is 0. The second-order valence-corrected chi connectivity index (χ2v) is 2.07. The summed E-state index contributed by atoms with van der Waals surface area (Å²) in [6, 6.07) is 0. The highest BCUT2D eigenvalue weighted by Gasteiger charge is 1.97. The van der Waals surface area contributed by atoms with Crippen LogP contribution in [0.1, 0.15) is 0 Å². The van der Waals surface area contributed by atoms with Crippen LogP contribution in [-0.2, 0) is 4.79 Å². The summed E-state index contributed by atoms with van der Waals surface area (Å²) in [6.07, 6.45) is 0. The van der Waals surface area contributed by atoms with Crippen LogP contribution in [0.2, 0.25) is 0 Å². The van der Waals surface area contributed by atoms with Gasteiger partial charge in [-0.05, 0) is 15.9 Å². The summed E-state index contributed by atoms with van der Waals surface area (Å²) < 4.78 is 0.118. The normalized spacial score (nSPS) is 10.0. The third-order valence-corrected chi connectivity index (χ3v) is 1.94. The van der Waals surface area contributed by atoms with Gasteiger partial charge < -0.3 is 5.11 Å². The summed E-state index contributed by atoms with van der Waals surface area (Å²) in [4.78, 5) is 11.1. The average molecular weight is 260 g/mol. The van der Waals surface area contributed by atoms with E-state index < -0.39 is 5.97 Å². The third kappa shape index (κ3) is 4.85. The first-order valence-electron chi connectivity index (χ1n) is 1.37. The first-order valence-corrected chi connectivity index (χ1v) is 3.08. The number of hydrogen-bond donors (Lipinski definition) is 1. The monoisotopic (exact) mass is 258 g/mol. The van der Waals surface area contributed by atoms with E-state index in [-0.39, 0.29) is 21.8 Å². The van der Waals surface area contributed by atoms with E-state index in [0.29, 0.717) is 0 Å². The Morgan fingerprint density at radius 1 is 1.62 bits per heavy atom. The zero-order valence-electron chi connectivity index (χ0n) is 3.19. The van der Waals surface area contributed by atoms with Crippen molar-refractivity contribution in [1.29, 1.82) is 0 Å². The number of carboxylic acids is 1. The number of carboxylic acid groups (broad SMARTS) is 1. The van der Waals surface area contributed by atoms with Crippen LogP contribution in [0.4, 0.5) is 0 Å². The van der Waals surface area contributed by atoms with Crippen LogP contribution in [-0.4, -0.2) is 28.4 Å². The zero-order valence-corrected chi connectivity index (χ0v) is 6.36. The summed E-state index contributed by atoms with van der Waals surface area (Å²) in [5.41, 5.74) is 0. The predicted molar refractivity (Wildman–Crippen MR) is 43.5 cm³/mol. The smallest absolute Gasteiger partial charge is 0.343 e. The van der Waals surface area contributed by atoms with Gasteiger partial charge >= 0.3 is 5.97 Å². The minimum Gasteiger partial charge on any atom is -0.477 e. The zero-order chi connectivity index (χ0) is 5.86. The molecule has 0 aromatic heterocycles. The van der Waals surface area contributed by atoms with Crippen molar-refractivity contribution in [3.05, 3.63) is 9.47 Å². The Hall–Kier alpha value is 0.702. The standard InChI is InChI=1S/C3H2Br2O2.Al.3H/c4-1-2(5)3(6)7;;;;/h1H,(H,6,7);;;;. The molecule has 0 saturated heterocycles. The van der Waals surface area contributed by atoms with Crippen molar-refractivity contribution in [2.45, 2.75) is 0 Å². The fourth-order valence-electron chi connectivity index (χ4n) is 0.0467. The molecular weight excluding hydrogens is 255 g/mol. The largest absolute Gasteiger partial charge is 0.477 e. The summed E-state index contributed by atoms with van der Waals surface area (Å²) in [6.45, 7) is 0. The molecular formula is C3H5AlBr2O2. The van der Waals surface area contributed by atoms with Gasteiger partial charge in [0.1, 0.15) is 4.48 Å². The highest BCUT2D eigenvalue weighted by atomic mass is 79.9. The van der Waals surface area contributed by atoms with Crippen LogP contribution < -0.4 is 0 Å². The summed E-state index contributed by atoms with van der Waals surface area (Å²) >= 11 is 5.58. The molecule has 46 valence electrons. The molecule has 0 unspecified atom stereocenters. The Bertz CT molecular complexity index is 112. The maximum Gasteiger partial charge on any atom is 0.343 e. The van der Waals surface area contributed by atoms with Gasteiger partial charge in [-0.2, -0.15) is 0 Å². The lowest BCUT2D eigenvalue weighted by Crippen LogP contribution is -1.90. The van der Waals surface area contributed by atoms with Crippen molar-refractivity contribution in [2.24, 2.45) is 0 Å². The number of carbonyl (C=O) groups is 1. The summed E-state index contributed by atoms with van der Waals surface area (Å²) in [7, 11) is 0. The van der Waals surface area contributed by atoms with Crippen LogP contribution in [0.3, 0.4) is 0 Å². The van der Waals surface area contributed by atoms with Crippen molar-refractivity contribution in [3.8, 4) is 0 Å². The SMILES string of the molecule is O=C(O)C(Br)=CBr.[AlH3]. The first-order chi connectivity index (χ1) is 3.18. The second-order valence-electron chi connectivity index (χ2n) is 0.762. The fourth-order valence-corrected chi connectivity index (χ4v) is 0.243. The van der Waals surface area contributed by atoms with Crippen molar-refractivity contribution < 1.29 is 9.90 Å². The van der Waals surface area contributed by atoms with Crippen LogP contribution in [0.15, 0.2) is 9.47 Å². The van der Waals surface area contributed by atoms with Gasteiger partial charge in [0.05, 0.1) is 0 Å². The van der Waals surface area contributed by atoms with Crippen molar-refractivity contribution in [1.82, 2.24) is 0 Å². The van der Waals surface area contributed by atoms with Gasteiger partial charge in [-0.3, -0.25) is 0 Å². The lowest BCUT2D eigenvalue weighted by Gasteiger charge is -1.80. The highest BCUT2D eigenvalue weighted by molar-refractivity contribution is 9.14. The van der Waals surface area contributed by atoms with Gasteiger partial charge in [0.25, 0.3) is 0 Å². The van der Waals surface area contributed by atoms with E-state index in [2.05, 4.69) is 31.9 Å². The van der Waals surface area contributed by atoms with Crippen LogP contribution >= 0.6 is 31.9 Å². The molecule has 2 nitrogen and oxygen atoms in total. The Balaban J connectivity index is 0. The predicted octanol–water partition coefficient (Wildman–Crippen LogP) is 0.518. The maximum absolute atomic E-state index is 9.79. The molecule has 0 bridgehead atoms. The Labute approximate surface area is 74.3 Å².